The van der Waals surface area contributed by atoms with E-state index in [0.29, 0.717) is 10.3 Å². The molecule has 0 saturated carbocycles. The minimum atomic E-state index is 0.610. The van der Waals surface area contributed by atoms with Gasteiger partial charge >= 0.3 is 0 Å². The molecule has 0 radical (unpaired) electrons. The molecule has 4 heterocycles. The molecule has 3 aromatic rings. The molecule has 0 aliphatic carbocycles. The average Bonchev–Trinajstić information content (AvgIpc) is 2.75. The second kappa shape index (κ2) is 8.57. The number of hydrogen-bond acceptors (Lipinski definition) is 9. The van der Waals surface area contributed by atoms with Crippen LogP contribution in [0.25, 0.3) is 11.3 Å². The van der Waals surface area contributed by atoms with Crippen molar-refractivity contribution in [2.45, 2.75) is 23.7 Å². The van der Waals surface area contributed by atoms with Crippen LogP contribution in [0, 0.1) is 0 Å². The number of pyridine rings is 1. The molecule has 0 unspecified atom stereocenters. The van der Waals surface area contributed by atoms with E-state index in [-0.39, 0.29) is 0 Å². The highest BCUT2D eigenvalue weighted by Gasteiger charge is 2.19. The summed E-state index contributed by atoms with van der Waals surface area (Å²) in [4.78, 5) is 31.6. The summed E-state index contributed by atoms with van der Waals surface area (Å²) in [7, 11) is 2.14. The van der Waals surface area contributed by atoms with Crippen molar-refractivity contribution < 1.29 is 0 Å². The van der Waals surface area contributed by atoms with Crippen molar-refractivity contribution in [3.63, 3.8) is 0 Å². The molecule has 0 N–H and O–H groups in total. The van der Waals surface area contributed by atoms with E-state index in [1.165, 1.54) is 11.8 Å². The fourth-order valence-corrected chi connectivity index (χ4v) is 3.58. The van der Waals surface area contributed by atoms with Crippen LogP contribution < -0.4 is 4.90 Å². The van der Waals surface area contributed by atoms with Crippen LogP contribution >= 0.6 is 11.8 Å². The lowest BCUT2D eigenvalue weighted by Gasteiger charge is -2.32. The second-order valence-corrected chi connectivity index (χ2v) is 7.48. The topological polar surface area (TPSA) is 83.8 Å². The summed E-state index contributed by atoms with van der Waals surface area (Å²) in [5.41, 5.74) is 1.78. The zero-order chi connectivity index (χ0) is 19.3. The molecule has 1 fully saturated rings. The smallest absolute Gasteiger partial charge is 0.229 e. The van der Waals surface area contributed by atoms with E-state index in [1.807, 2.05) is 18.2 Å². The summed E-state index contributed by atoms with van der Waals surface area (Å²) < 4.78 is 0. The molecule has 4 rings (SSSR count). The van der Waals surface area contributed by atoms with Gasteiger partial charge in [0.25, 0.3) is 0 Å². The lowest BCUT2D eigenvalue weighted by Crippen LogP contribution is -2.45. The zero-order valence-corrected chi connectivity index (χ0v) is 16.8. The van der Waals surface area contributed by atoms with Gasteiger partial charge in [-0.05, 0) is 37.0 Å². The predicted molar refractivity (Wildman–Crippen MR) is 108 cm³/mol. The van der Waals surface area contributed by atoms with Gasteiger partial charge in [-0.2, -0.15) is 9.97 Å². The monoisotopic (exact) mass is 394 g/mol. The third-order valence-corrected chi connectivity index (χ3v) is 5.27. The van der Waals surface area contributed by atoms with Gasteiger partial charge in [-0.3, -0.25) is 4.98 Å². The average molecular weight is 395 g/mol. The third kappa shape index (κ3) is 4.42. The predicted octanol–water partition coefficient (Wildman–Crippen LogP) is 2.19. The zero-order valence-electron chi connectivity index (χ0n) is 16.0. The molecule has 0 spiro atoms. The van der Waals surface area contributed by atoms with Crippen LogP contribution in [-0.2, 0) is 6.42 Å². The normalized spacial score (nSPS) is 15.0. The van der Waals surface area contributed by atoms with E-state index in [4.69, 9.17) is 0 Å². The van der Waals surface area contributed by atoms with Crippen molar-refractivity contribution in [2.24, 2.45) is 0 Å². The molecule has 1 aliphatic heterocycles. The second-order valence-electron chi connectivity index (χ2n) is 6.55. The van der Waals surface area contributed by atoms with Crippen molar-refractivity contribution >= 4 is 17.7 Å². The number of rotatable bonds is 5. The molecule has 0 bridgehead atoms. The fraction of sp³-hybridized carbons (Fsp3) is 0.368. The Morgan fingerprint density at radius 2 is 1.82 bits per heavy atom. The Labute approximate surface area is 168 Å². The number of hydrogen-bond donors (Lipinski definition) is 0. The van der Waals surface area contributed by atoms with E-state index in [1.54, 1.807) is 18.6 Å². The first kappa shape index (κ1) is 18.7. The van der Waals surface area contributed by atoms with E-state index < -0.39 is 0 Å². The number of aryl methyl sites for hydroxylation is 1. The summed E-state index contributed by atoms with van der Waals surface area (Å²) in [6.07, 6.45) is 6.05. The summed E-state index contributed by atoms with van der Waals surface area (Å²) in [6, 6.07) is 5.75. The van der Waals surface area contributed by atoms with Gasteiger partial charge in [-0.15, -0.1) is 0 Å². The lowest BCUT2D eigenvalue weighted by atomic mass is 10.2. The van der Waals surface area contributed by atoms with Crippen LogP contribution in [0.2, 0.25) is 0 Å². The van der Waals surface area contributed by atoms with Crippen LogP contribution in [0.3, 0.4) is 0 Å². The van der Waals surface area contributed by atoms with Crippen molar-refractivity contribution in [1.29, 1.82) is 0 Å². The van der Waals surface area contributed by atoms with Crippen LogP contribution in [-0.4, -0.2) is 68.0 Å². The SMILES string of the molecule is CCc1nc(Sc2nccc(-c3cccnc3)n2)nc(N2CCN(C)CC2)n1. The molecule has 0 atom stereocenters. The minimum absolute atomic E-state index is 0.610. The summed E-state index contributed by atoms with van der Waals surface area (Å²) >= 11 is 1.36. The van der Waals surface area contributed by atoms with Crippen LogP contribution in [0.4, 0.5) is 5.95 Å². The Hall–Kier alpha value is -2.65. The molecule has 9 heteroatoms. The fourth-order valence-electron chi connectivity index (χ4n) is 2.88. The molecule has 28 heavy (non-hydrogen) atoms. The summed E-state index contributed by atoms with van der Waals surface area (Å²) in [5, 5.41) is 1.24. The lowest BCUT2D eigenvalue weighted by molar-refractivity contribution is 0.310. The first-order chi connectivity index (χ1) is 13.7. The summed E-state index contributed by atoms with van der Waals surface area (Å²) in [5.74, 6) is 1.53. The molecule has 3 aromatic heterocycles. The molecular formula is C19H22N8S. The molecule has 144 valence electrons. The summed E-state index contributed by atoms with van der Waals surface area (Å²) in [6.45, 7) is 5.90. The first-order valence-electron chi connectivity index (χ1n) is 9.31. The number of nitrogens with zero attached hydrogens (tertiary/aromatic N) is 8. The molecule has 0 aromatic carbocycles. The maximum atomic E-state index is 4.68. The minimum Gasteiger partial charge on any atom is -0.338 e. The van der Waals surface area contributed by atoms with E-state index in [2.05, 4.69) is 53.7 Å². The highest BCUT2D eigenvalue weighted by atomic mass is 32.2. The molecule has 1 aliphatic rings. The van der Waals surface area contributed by atoms with Crippen molar-refractivity contribution in [1.82, 2.24) is 34.8 Å². The van der Waals surface area contributed by atoms with Crippen molar-refractivity contribution in [2.75, 3.05) is 38.1 Å². The van der Waals surface area contributed by atoms with Crippen molar-refractivity contribution in [3.05, 3.63) is 42.6 Å². The molecule has 1 saturated heterocycles. The van der Waals surface area contributed by atoms with Gasteiger partial charge in [0.1, 0.15) is 5.82 Å². The standard InChI is InChI=1S/C19H22N8S/c1-3-16-23-17(27-11-9-26(2)10-12-27)25-19(24-16)28-18-21-8-6-15(22-18)14-5-4-7-20-13-14/h4-8,13H,3,9-12H2,1-2H3. The van der Waals surface area contributed by atoms with E-state index >= 15 is 0 Å². The van der Waals surface area contributed by atoms with Gasteiger partial charge in [0, 0.05) is 56.8 Å². The number of likely N-dealkylation sites (N-methyl/N-ethyl adjacent to an activating group) is 1. The Bertz CT molecular complexity index is 928. The molecule has 8 nitrogen and oxygen atoms in total. The van der Waals surface area contributed by atoms with Crippen LogP contribution in [0.1, 0.15) is 12.7 Å². The van der Waals surface area contributed by atoms with Gasteiger partial charge in [-0.1, -0.05) is 6.92 Å². The largest absolute Gasteiger partial charge is 0.338 e. The quantitative estimate of drug-likeness (QED) is 0.605. The van der Waals surface area contributed by atoms with Crippen LogP contribution in [0.5, 0.6) is 0 Å². The van der Waals surface area contributed by atoms with Gasteiger partial charge in [0.05, 0.1) is 5.69 Å². The third-order valence-electron chi connectivity index (χ3n) is 4.53. The Morgan fingerprint density at radius 3 is 2.57 bits per heavy atom. The van der Waals surface area contributed by atoms with Gasteiger partial charge in [0.2, 0.25) is 11.1 Å². The molecular weight excluding hydrogens is 372 g/mol. The number of anilines is 1. The highest BCUT2D eigenvalue weighted by molar-refractivity contribution is 7.99. The Balaban J connectivity index is 1.58. The van der Waals surface area contributed by atoms with Gasteiger partial charge < -0.3 is 9.80 Å². The Kier molecular flexibility index (Phi) is 5.73. The van der Waals surface area contributed by atoms with E-state index in [0.717, 1.165) is 55.6 Å². The van der Waals surface area contributed by atoms with Crippen LogP contribution in [0.15, 0.2) is 47.1 Å². The van der Waals surface area contributed by atoms with Gasteiger partial charge in [0.15, 0.2) is 5.16 Å². The number of piperazine rings is 1. The maximum absolute atomic E-state index is 4.68. The highest BCUT2D eigenvalue weighted by Crippen LogP contribution is 2.25. The van der Waals surface area contributed by atoms with E-state index in [9.17, 15) is 0 Å². The van der Waals surface area contributed by atoms with Gasteiger partial charge in [-0.25, -0.2) is 15.0 Å². The number of aromatic nitrogens is 6. The first-order valence-corrected chi connectivity index (χ1v) is 10.1. The van der Waals surface area contributed by atoms with Crippen molar-refractivity contribution in [3.8, 4) is 11.3 Å². The Morgan fingerprint density at radius 1 is 0.964 bits per heavy atom. The maximum Gasteiger partial charge on any atom is 0.229 e. The molecule has 0 amide bonds.